The number of ether oxygens (including phenoxy) is 4. The van der Waals surface area contributed by atoms with Crippen molar-refractivity contribution in [2.45, 2.75) is 30.2 Å². The Balaban J connectivity index is 1.29. The maximum Gasteiger partial charge on any atom is 0.351 e. The van der Waals surface area contributed by atoms with E-state index in [9.17, 15) is 14.7 Å². The first-order valence-electron chi connectivity index (χ1n) is 15.3. The van der Waals surface area contributed by atoms with Gasteiger partial charge in [-0.25, -0.2) is 9.18 Å². The molecular weight excluding hydrogens is 617 g/mol. The summed E-state index contributed by atoms with van der Waals surface area (Å²) in [6.45, 7) is -0.252. The monoisotopic (exact) mass is 651 g/mol. The Morgan fingerprint density at radius 2 is 1.40 bits per heavy atom. The van der Waals surface area contributed by atoms with E-state index in [1.807, 2.05) is 78.9 Å². The van der Waals surface area contributed by atoms with E-state index in [0.717, 1.165) is 21.3 Å². The van der Waals surface area contributed by atoms with Gasteiger partial charge in [-0.2, -0.15) is 4.98 Å². The fourth-order valence-electron chi connectivity index (χ4n) is 5.80. The van der Waals surface area contributed by atoms with Crippen LogP contribution in [0.25, 0.3) is 0 Å². The number of rotatable bonds is 11. The molecule has 4 aromatic carbocycles. The third kappa shape index (κ3) is 6.43. The van der Waals surface area contributed by atoms with E-state index in [-0.39, 0.29) is 12.4 Å². The summed E-state index contributed by atoms with van der Waals surface area (Å²) in [5.74, 6) is 0.838. The van der Waals surface area contributed by atoms with Gasteiger partial charge >= 0.3 is 5.69 Å². The maximum absolute atomic E-state index is 15.7. The zero-order chi connectivity index (χ0) is 33.7. The molecule has 2 N–H and O–H groups in total. The van der Waals surface area contributed by atoms with Crippen LogP contribution in [-0.2, 0) is 15.1 Å². The lowest BCUT2D eigenvalue weighted by Crippen LogP contribution is -2.39. The number of carbonyl (C=O) groups is 1. The number of aliphatic hydroxyl groups is 1. The first-order valence-corrected chi connectivity index (χ1v) is 15.3. The van der Waals surface area contributed by atoms with Crippen LogP contribution in [0.3, 0.4) is 0 Å². The van der Waals surface area contributed by atoms with Crippen LogP contribution in [0.2, 0.25) is 0 Å². The summed E-state index contributed by atoms with van der Waals surface area (Å²) in [4.78, 5) is 29.4. The number of alkyl halides is 1. The first-order chi connectivity index (χ1) is 23.3. The zero-order valence-electron chi connectivity index (χ0n) is 26.2. The van der Waals surface area contributed by atoms with Crippen LogP contribution >= 0.6 is 0 Å². The van der Waals surface area contributed by atoms with Crippen molar-refractivity contribution in [1.29, 1.82) is 0 Å². The van der Waals surface area contributed by atoms with Crippen molar-refractivity contribution in [3.63, 3.8) is 0 Å². The van der Waals surface area contributed by atoms with Crippen molar-refractivity contribution in [2.75, 3.05) is 26.1 Å². The first kappa shape index (κ1) is 32.6. The maximum atomic E-state index is 15.7. The number of aliphatic hydroxyl groups excluding tert-OH is 1. The van der Waals surface area contributed by atoms with Crippen LogP contribution in [0.5, 0.6) is 11.5 Å². The van der Waals surface area contributed by atoms with E-state index in [0.29, 0.717) is 17.1 Å². The molecule has 48 heavy (non-hydrogen) atoms. The van der Waals surface area contributed by atoms with Crippen LogP contribution in [0.4, 0.5) is 10.2 Å². The minimum absolute atomic E-state index is 0.00873. The van der Waals surface area contributed by atoms with Crippen LogP contribution in [-0.4, -0.2) is 59.8 Å². The quantitative estimate of drug-likeness (QED) is 0.189. The van der Waals surface area contributed by atoms with Gasteiger partial charge in [0, 0.05) is 11.8 Å². The van der Waals surface area contributed by atoms with E-state index >= 15 is 4.39 Å². The molecule has 0 saturated carbocycles. The average Bonchev–Trinajstić information content (AvgIpc) is 3.42. The molecule has 1 aliphatic heterocycles. The number of methoxy groups -OCH3 is 2. The number of nitrogens with one attached hydrogen (secondary N) is 1. The van der Waals surface area contributed by atoms with Gasteiger partial charge in [0.25, 0.3) is 5.91 Å². The Morgan fingerprint density at radius 1 is 0.854 bits per heavy atom. The number of benzene rings is 4. The number of hydrogen-bond acceptors (Lipinski definition) is 8. The van der Waals surface area contributed by atoms with Crippen molar-refractivity contribution >= 4 is 11.7 Å². The van der Waals surface area contributed by atoms with Crippen LogP contribution < -0.4 is 20.5 Å². The summed E-state index contributed by atoms with van der Waals surface area (Å²) < 4.78 is 40.1. The smallest absolute Gasteiger partial charge is 0.351 e. The molecule has 0 aliphatic carbocycles. The van der Waals surface area contributed by atoms with Crippen molar-refractivity contribution in [2.24, 2.45) is 0 Å². The van der Waals surface area contributed by atoms with E-state index < -0.39 is 41.8 Å². The fourth-order valence-corrected chi connectivity index (χ4v) is 5.80. The second-order valence-corrected chi connectivity index (χ2v) is 11.1. The number of carbonyl (C=O) groups excluding carboxylic acids is 1. The molecule has 1 aromatic heterocycles. The normalized spacial score (nSPS) is 19.1. The highest BCUT2D eigenvalue weighted by Crippen LogP contribution is 2.43. The molecule has 1 fully saturated rings. The Bertz CT molecular complexity index is 1840. The van der Waals surface area contributed by atoms with Crippen LogP contribution in [0.15, 0.2) is 126 Å². The molecule has 0 bridgehead atoms. The standard InChI is InChI=1S/C37H34FN3O7/c1-45-28-17-13-26(14-18-28)37(25-11-7-4-8-12-25,27-15-19-29(46-2)20-16-27)47-23-30-33(42)32(38)35(48-30)41-22-21-31(40-36(41)44)39-34(43)24-9-5-3-6-10-24/h3-22,30,32-33,35,42H,23H2,1-2H3,(H,39,40,43,44)/t30-,32?,33?,35-/m1/s1. The predicted octanol–water partition coefficient (Wildman–Crippen LogP) is 5.12. The minimum Gasteiger partial charge on any atom is -0.497 e. The predicted molar refractivity (Wildman–Crippen MR) is 176 cm³/mol. The lowest BCUT2D eigenvalue weighted by atomic mass is 9.80. The third-order valence-electron chi connectivity index (χ3n) is 8.31. The van der Waals surface area contributed by atoms with Crippen molar-refractivity contribution in [3.05, 3.63) is 154 Å². The minimum atomic E-state index is -1.98. The highest BCUT2D eigenvalue weighted by molar-refractivity contribution is 6.03. The number of hydrogen-bond donors (Lipinski definition) is 2. The number of aromatic nitrogens is 2. The number of anilines is 1. The molecule has 6 rings (SSSR count). The molecule has 1 aliphatic rings. The van der Waals surface area contributed by atoms with E-state index in [1.54, 1.807) is 44.6 Å². The van der Waals surface area contributed by atoms with Gasteiger partial charge in [0.2, 0.25) is 0 Å². The average molecular weight is 652 g/mol. The van der Waals surface area contributed by atoms with Crippen molar-refractivity contribution < 1.29 is 33.2 Å². The van der Waals surface area contributed by atoms with E-state index in [1.165, 1.54) is 12.3 Å². The van der Waals surface area contributed by atoms with E-state index in [2.05, 4.69) is 10.3 Å². The van der Waals surface area contributed by atoms with Gasteiger partial charge in [-0.1, -0.05) is 72.8 Å². The molecule has 1 saturated heterocycles. The van der Waals surface area contributed by atoms with Gasteiger partial charge in [0.1, 0.15) is 35.1 Å². The molecule has 11 heteroatoms. The van der Waals surface area contributed by atoms with Gasteiger partial charge in [-0.15, -0.1) is 0 Å². The second kappa shape index (κ2) is 14.2. The van der Waals surface area contributed by atoms with E-state index in [4.69, 9.17) is 18.9 Å². The molecule has 246 valence electrons. The Hall–Kier alpha value is -5.36. The lowest BCUT2D eigenvalue weighted by Gasteiger charge is -2.37. The van der Waals surface area contributed by atoms with Crippen LogP contribution in [0, 0.1) is 0 Å². The Morgan fingerprint density at radius 3 is 1.94 bits per heavy atom. The fraction of sp³-hybridized carbons (Fsp3) is 0.216. The molecule has 0 spiro atoms. The Kier molecular flexibility index (Phi) is 9.62. The van der Waals surface area contributed by atoms with Crippen LogP contribution in [0.1, 0.15) is 33.3 Å². The second-order valence-electron chi connectivity index (χ2n) is 11.1. The molecule has 5 aromatic rings. The van der Waals surface area contributed by atoms with Gasteiger partial charge in [0.15, 0.2) is 12.4 Å². The molecular formula is C37H34FN3O7. The number of nitrogens with zero attached hydrogens (tertiary/aromatic N) is 2. The molecule has 2 unspecified atom stereocenters. The molecule has 0 radical (unpaired) electrons. The highest BCUT2D eigenvalue weighted by Gasteiger charge is 2.48. The summed E-state index contributed by atoms with van der Waals surface area (Å²) in [6.07, 6.45) is -4.98. The largest absolute Gasteiger partial charge is 0.497 e. The molecule has 4 atom stereocenters. The Labute approximate surface area is 276 Å². The summed E-state index contributed by atoms with van der Waals surface area (Å²) in [6, 6.07) is 34.1. The summed E-state index contributed by atoms with van der Waals surface area (Å²) in [5.41, 5.74) is 0.549. The molecule has 10 nitrogen and oxygen atoms in total. The summed E-state index contributed by atoms with van der Waals surface area (Å²) in [7, 11) is 3.16. The van der Waals surface area contributed by atoms with Gasteiger partial charge < -0.3 is 29.4 Å². The van der Waals surface area contributed by atoms with Gasteiger partial charge in [-0.05, 0) is 59.2 Å². The SMILES string of the molecule is COc1ccc(C(OC[C@H]2O[C@@H](n3ccc(NC(=O)c4ccccc4)nc3=O)C(F)C2O)(c2ccccc2)c2ccc(OC)cc2)cc1. The van der Waals surface area contributed by atoms with Gasteiger partial charge in [-0.3, -0.25) is 9.36 Å². The third-order valence-corrected chi connectivity index (χ3v) is 8.31. The van der Waals surface area contributed by atoms with Gasteiger partial charge in [0.05, 0.1) is 20.8 Å². The highest BCUT2D eigenvalue weighted by atomic mass is 19.1. The van der Waals surface area contributed by atoms with Crippen molar-refractivity contribution in [3.8, 4) is 11.5 Å². The summed E-state index contributed by atoms with van der Waals surface area (Å²) >= 11 is 0. The van der Waals surface area contributed by atoms with Crippen molar-refractivity contribution in [1.82, 2.24) is 9.55 Å². The number of halogens is 1. The lowest BCUT2D eigenvalue weighted by molar-refractivity contribution is -0.0950. The topological polar surface area (TPSA) is 121 Å². The molecule has 2 heterocycles. The summed E-state index contributed by atoms with van der Waals surface area (Å²) in [5, 5.41) is 13.6. The zero-order valence-corrected chi connectivity index (χ0v) is 26.2. The number of amides is 1. The molecule has 1 amide bonds.